The van der Waals surface area contributed by atoms with Crippen molar-refractivity contribution in [2.45, 2.75) is 35.9 Å². The number of anilines is 1. The van der Waals surface area contributed by atoms with Gasteiger partial charge in [-0.15, -0.1) is 11.3 Å². The zero-order chi connectivity index (χ0) is 20.1. The minimum atomic E-state index is -3.58. The van der Waals surface area contributed by atoms with Crippen molar-refractivity contribution in [3.63, 3.8) is 0 Å². The highest BCUT2D eigenvalue weighted by Crippen LogP contribution is 2.31. The molecule has 1 saturated heterocycles. The molecule has 1 aromatic carbocycles. The lowest BCUT2D eigenvalue weighted by atomic mass is 10.0. The highest BCUT2D eigenvalue weighted by molar-refractivity contribution is 7.91. The van der Waals surface area contributed by atoms with Crippen molar-refractivity contribution in [2.24, 2.45) is 0 Å². The van der Waals surface area contributed by atoms with Crippen molar-refractivity contribution in [1.82, 2.24) is 4.31 Å². The van der Waals surface area contributed by atoms with Gasteiger partial charge in [0.25, 0.3) is 10.0 Å². The van der Waals surface area contributed by atoms with E-state index in [9.17, 15) is 13.2 Å². The summed E-state index contributed by atoms with van der Waals surface area (Å²) >= 11 is 1.20. The molecular weight excluding hydrogens is 400 g/mol. The number of hydrogen-bond donors (Lipinski definition) is 1. The third-order valence-electron chi connectivity index (χ3n) is 4.73. The van der Waals surface area contributed by atoms with Gasteiger partial charge in [0.15, 0.2) is 0 Å². The van der Waals surface area contributed by atoms with Gasteiger partial charge >= 0.3 is 0 Å². The first-order valence-corrected chi connectivity index (χ1v) is 11.3. The van der Waals surface area contributed by atoms with Crippen LogP contribution in [0.2, 0.25) is 0 Å². The SMILES string of the molecule is COc1ccc(OC)c(NC(=O)CC2CCCCN2S(=O)(=O)c2cccs2)c1. The van der Waals surface area contributed by atoms with Crippen molar-refractivity contribution < 1.29 is 22.7 Å². The fourth-order valence-corrected chi connectivity index (χ4v) is 6.16. The first kappa shape index (κ1) is 20.6. The van der Waals surface area contributed by atoms with Crippen LogP contribution >= 0.6 is 11.3 Å². The van der Waals surface area contributed by atoms with Crippen molar-refractivity contribution in [1.29, 1.82) is 0 Å². The molecule has 1 aliphatic rings. The molecule has 1 atom stereocenters. The standard InChI is InChI=1S/C19H24N2O5S2/c1-25-15-8-9-17(26-2)16(13-15)20-18(22)12-14-6-3-4-10-21(14)28(23,24)19-7-5-11-27-19/h5,7-9,11,13-14H,3-4,6,10,12H2,1-2H3,(H,20,22). The molecule has 28 heavy (non-hydrogen) atoms. The van der Waals surface area contributed by atoms with Crippen LogP contribution in [0.1, 0.15) is 25.7 Å². The van der Waals surface area contributed by atoms with Gasteiger partial charge < -0.3 is 14.8 Å². The summed E-state index contributed by atoms with van der Waals surface area (Å²) in [7, 11) is -0.517. The summed E-state index contributed by atoms with van der Waals surface area (Å²) in [5, 5.41) is 4.57. The summed E-state index contributed by atoms with van der Waals surface area (Å²) in [4.78, 5) is 12.7. The number of nitrogens with one attached hydrogen (secondary N) is 1. The maximum Gasteiger partial charge on any atom is 0.252 e. The van der Waals surface area contributed by atoms with Gasteiger partial charge in [0, 0.05) is 25.1 Å². The summed E-state index contributed by atoms with van der Waals surface area (Å²) in [6.45, 7) is 0.431. The minimum absolute atomic E-state index is 0.0883. The second-order valence-electron chi connectivity index (χ2n) is 6.52. The van der Waals surface area contributed by atoms with Crippen molar-refractivity contribution in [3.05, 3.63) is 35.7 Å². The van der Waals surface area contributed by atoms with Gasteiger partial charge in [0.05, 0.1) is 19.9 Å². The number of nitrogens with zero attached hydrogens (tertiary/aromatic N) is 1. The maximum absolute atomic E-state index is 13.0. The number of methoxy groups -OCH3 is 2. The van der Waals surface area contributed by atoms with E-state index in [0.717, 1.165) is 12.8 Å². The van der Waals surface area contributed by atoms with Crippen LogP contribution in [-0.4, -0.2) is 45.4 Å². The molecule has 0 saturated carbocycles. The molecular formula is C19H24N2O5S2. The zero-order valence-electron chi connectivity index (χ0n) is 15.9. The average molecular weight is 425 g/mol. The molecule has 0 aliphatic carbocycles. The van der Waals surface area contributed by atoms with E-state index in [0.29, 0.717) is 34.4 Å². The smallest absolute Gasteiger partial charge is 0.252 e. The quantitative estimate of drug-likeness (QED) is 0.737. The number of thiophene rings is 1. The van der Waals surface area contributed by atoms with E-state index in [4.69, 9.17) is 9.47 Å². The second-order valence-corrected chi connectivity index (χ2v) is 9.58. The van der Waals surface area contributed by atoms with Crippen molar-refractivity contribution >= 4 is 33.0 Å². The predicted octanol–water partition coefficient (Wildman–Crippen LogP) is 3.34. The molecule has 1 aromatic heterocycles. The fraction of sp³-hybridized carbons (Fsp3) is 0.421. The Morgan fingerprint density at radius 3 is 2.75 bits per heavy atom. The van der Waals surface area contributed by atoms with Crippen molar-refractivity contribution in [2.75, 3.05) is 26.1 Å². The Morgan fingerprint density at radius 1 is 1.25 bits per heavy atom. The lowest BCUT2D eigenvalue weighted by molar-refractivity contribution is -0.117. The van der Waals surface area contributed by atoms with Crippen LogP contribution in [-0.2, 0) is 14.8 Å². The number of benzene rings is 1. The number of carbonyl (C=O) groups excluding carboxylic acids is 1. The molecule has 0 bridgehead atoms. The molecule has 7 nitrogen and oxygen atoms in total. The van der Waals surface area contributed by atoms with Gasteiger partial charge in [-0.3, -0.25) is 4.79 Å². The van der Waals surface area contributed by atoms with E-state index in [1.165, 1.54) is 22.8 Å². The average Bonchev–Trinajstić information content (AvgIpc) is 3.24. The lowest BCUT2D eigenvalue weighted by Crippen LogP contribution is -2.45. The summed E-state index contributed by atoms with van der Waals surface area (Å²) in [5.74, 6) is 0.848. The first-order chi connectivity index (χ1) is 13.5. The Balaban J connectivity index is 1.75. The molecule has 1 amide bonds. The molecule has 1 fully saturated rings. The summed E-state index contributed by atoms with van der Waals surface area (Å²) in [6, 6.07) is 8.09. The molecule has 1 unspecified atom stereocenters. The minimum Gasteiger partial charge on any atom is -0.497 e. The number of amides is 1. The van der Waals surface area contributed by atoms with Crippen LogP contribution in [0, 0.1) is 0 Å². The Hall–Kier alpha value is -2.10. The monoisotopic (exact) mass is 424 g/mol. The van der Waals surface area contributed by atoms with E-state index >= 15 is 0 Å². The van der Waals surface area contributed by atoms with E-state index in [2.05, 4.69) is 5.32 Å². The third-order valence-corrected chi connectivity index (χ3v) is 8.06. The highest BCUT2D eigenvalue weighted by Gasteiger charge is 2.35. The van der Waals surface area contributed by atoms with Crippen LogP contribution in [0.15, 0.2) is 39.9 Å². The number of piperidine rings is 1. The predicted molar refractivity (Wildman–Crippen MR) is 109 cm³/mol. The van der Waals surface area contributed by atoms with E-state index < -0.39 is 10.0 Å². The van der Waals surface area contributed by atoms with Gasteiger partial charge in [0.2, 0.25) is 5.91 Å². The highest BCUT2D eigenvalue weighted by atomic mass is 32.2. The molecule has 2 heterocycles. The largest absolute Gasteiger partial charge is 0.497 e. The second kappa shape index (κ2) is 8.93. The molecule has 0 radical (unpaired) electrons. The van der Waals surface area contributed by atoms with Crippen LogP contribution in [0.3, 0.4) is 0 Å². The van der Waals surface area contributed by atoms with Gasteiger partial charge in [-0.25, -0.2) is 8.42 Å². The van der Waals surface area contributed by atoms with Gasteiger partial charge in [-0.05, 0) is 36.4 Å². The van der Waals surface area contributed by atoms with E-state index in [-0.39, 0.29) is 18.4 Å². The molecule has 1 N–H and O–H groups in total. The molecule has 0 spiro atoms. The normalized spacial score (nSPS) is 17.9. The number of ether oxygens (including phenoxy) is 2. The lowest BCUT2D eigenvalue weighted by Gasteiger charge is -2.34. The topological polar surface area (TPSA) is 84.9 Å². The molecule has 152 valence electrons. The summed E-state index contributed by atoms with van der Waals surface area (Å²) in [6.07, 6.45) is 2.45. The van der Waals surface area contributed by atoms with Crippen LogP contribution in [0.25, 0.3) is 0 Å². The van der Waals surface area contributed by atoms with Crippen molar-refractivity contribution in [3.8, 4) is 11.5 Å². The summed E-state index contributed by atoms with van der Waals surface area (Å²) < 4.78 is 38.2. The van der Waals surface area contributed by atoms with E-state index in [1.807, 2.05) is 0 Å². The van der Waals surface area contributed by atoms with E-state index in [1.54, 1.807) is 42.8 Å². The molecule has 2 aromatic rings. The fourth-order valence-electron chi connectivity index (χ4n) is 3.35. The number of carbonyl (C=O) groups is 1. The van der Waals surface area contributed by atoms with Gasteiger partial charge in [-0.1, -0.05) is 12.5 Å². The molecule has 1 aliphatic heterocycles. The number of sulfonamides is 1. The Morgan fingerprint density at radius 2 is 2.07 bits per heavy atom. The Kier molecular flexibility index (Phi) is 6.58. The zero-order valence-corrected chi connectivity index (χ0v) is 17.5. The maximum atomic E-state index is 13.0. The van der Waals surface area contributed by atoms with Crippen LogP contribution < -0.4 is 14.8 Å². The summed E-state index contributed by atoms with van der Waals surface area (Å²) in [5.41, 5.74) is 0.496. The number of hydrogen-bond acceptors (Lipinski definition) is 6. The third kappa shape index (κ3) is 4.48. The Bertz CT molecular complexity index is 912. The first-order valence-electron chi connectivity index (χ1n) is 9.03. The molecule has 9 heteroatoms. The van der Waals surface area contributed by atoms with Gasteiger partial charge in [-0.2, -0.15) is 4.31 Å². The number of rotatable bonds is 7. The molecule has 3 rings (SSSR count). The van der Waals surface area contributed by atoms with Crippen LogP contribution in [0.5, 0.6) is 11.5 Å². The Labute approximate surface area is 169 Å². The van der Waals surface area contributed by atoms with Crippen LogP contribution in [0.4, 0.5) is 5.69 Å². The van der Waals surface area contributed by atoms with Gasteiger partial charge in [0.1, 0.15) is 15.7 Å².